The zero-order valence-corrected chi connectivity index (χ0v) is 11.5. The highest BCUT2D eigenvalue weighted by Crippen LogP contribution is 2.26. The van der Waals surface area contributed by atoms with Gasteiger partial charge in [0.15, 0.2) is 11.5 Å². The number of nitrogens with one attached hydrogen (secondary N) is 1. The molecule has 0 saturated heterocycles. The van der Waals surface area contributed by atoms with E-state index in [2.05, 4.69) is 25.3 Å². The number of anilines is 1. The number of carbonyl (C=O) groups is 1. The Kier molecular flexibility index (Phi) is 4.50. The molecule has 2 aromatic rings. The summed E-state index contributed by atoms with van der Waals surface area (Å²) in [6.07, 6.45) is 1.49. The van der Waals surface area contributed by atoms with E-state index in [4.69, 9.17) is 4.74 Å². The molecule has 8 heteroatoms. The van der Waals surface area contributed by atoms with Gasteiger partial charge in [0.2, 0.25) is 17.5 Å². The predicted molar refractivity (Wildman–Crippen MR) is 75.1 cm³/mol. The van der Waals surface area contributed by atoms with E-state index < -0.39 is 0 Å². The number of aromatic hydroxyl groups is 1. The Morgan fingerprint density at radius 3 is 3.05 bits per heavy atom. The molecule has 1 amide bonds. The van der Waals surface area contributed by atoms with E-state index in [-0.39, 0.29) is 23.3 Å². The predicted octanol–water partition coefficient (Wildman–Crippen LogP) is 1.88. The van der Waals surface area contributed by atoms with Crippen molar-refractivity contribution < 1.29 is 19.3 Å². The first-order chi connectivity index (χ1) is 10.1. The van der Waals surface area contributed by atoms with Gasteiger partial charge in [0.05, 0.1) is 6.61 Å². The number of aliphatic imine (C=N–C) groups is 1. The maximum absolute atomic E-state index is 11.0. The van der Waals surface area contributed by atoms with Crippen LogP contribution in [0.5, 0.6) is 11.5 Å². The maximum atomic E-state index is 11.0. The van der Waals surface area contributed by atoms with Crippen LogP contribution in [0.25, 0.3) is 0 Å². The lowest BCUT2D eigenvalue weighted by Crippen LogP contribution is -2.06. The third-order valence-corrected chi connectivity index (χ3v) is 2.39. The second-order valence-electron chi connectivity index (χ2n) is 4.04. The molecule has 0 radical (unpaired) electrons. The molecule has 2 rings (SSSR count). The van der Waals surface area contributed by atoms with Gasteiger partial charge in [-0.15, -0.1) is 0 Å². The van der Waals surface area contributed by atoms with Crippen LogP contribution >= 0.6 is 0 Å². The second-order valence-corrected chi connectivity index (χ2v) is 4.04. The van der Waals surface area contributed by atoms with Crippen molar-refractivity contribution in [2.75, 3.05) is 11.9 Å². The van der Waals surface area contributed by atoms with Crippen LogP contribution in [0.1, 0.15) is 19.4 Å². The average molecular weight is 290 g/mol. The molecule has 110 valence electrons. The molecule has 0 fully saturated rings. The molecule has 0 unspecified atom stereocenters. The highest BCUT2D eigenvalue weighted by Gasteiger charge is 2.09. The molecule has 21 heavy (non-hydrogen) atoms. The quantitative estimate of drug-likeness (QED) is 0.813. The zero-order valence-electron chi connectivity index (χ0n) is 11.5. The third-order valence-electron chi connectivity index (χ3n) is 2.39. The van der Waals surface area contributed by atoms with E-state index in [1.165, 1.54) is 19.2 Å². The van der Waals surface area contributed by atoms with Crippen LogP contribution in [-0.4, -0.2) is 34.1 Å². The van der Waals surface area contributed by atoms with Crippen molar-refractivity contribution in [3.63, 3.8) is 0 Å². The molecule has 1 heterocycles. The van der Waals surface area contributed by atoms with Crippen molar-refractivity contribution in [1.82, 2.24) is 10.3 Å². The number of benzene rings is 1. The van der Waals surface area contributed by atoms with E-state index in [0.717, 1.165) is 0 Å². The topological polar surface area (TPSA) is 110 Å². The van der Waals surface area contributed by atoms with E-state index in [9.17, 15) is 9.90 Å². The number of ether oxygens (including phenoxy) is 1. The van der Waals surface area contributed by atoms with Crippen molar-refractivity contribution in [3.8, 4) is 11.5 Å². The number of hydrogen-bond donors (Lipinski definition) is 2. The molecule has 2 N–H and O–H groups in total. The number of phenolic OH excluding ortho intramolecular Hbond substituents is 1. The van der Waals surface area contributed by atoms with Gasteiger partial charge in [0.1, 0.15) is 0 Å². The van der Waals surface area contributed by atoms with Gasteiger partial charge in [0.25, 0.3) is 0 Å². The van der Waals surface area contributed by atoms with Crippen molar-refractivity contribution in [3.05, 3.63) is 23.8 Å². The lowest BCUT2D eigenvalue weighted by atomic mass is 10.2. The molecule has 1 aromatic carbocycles. The molecule has 0 saturated carbocycles. The van der Waals surface area contributed by atoms with Crippen LogP contribution < -0.4 is 10.1 Å². The number of rotatable bonds is 5. The van der Waals surface area contributed by atoms with E-state index >= 15 is 0 Å². The van der Waals surface area contributed by atoms with Crippen LogP contribution in [0.4, 0.5) is 11.6 Å². The Balaban J connectivity index is 2.19. The number of carbonyl (C=O) groups excluding carboxylic acids is 1. The van der Waals surface area contributed by atoms with Gasteiger partial charge in [0, 0.05) is 13.1 Å². The van der Waals surface area contributed by atoms with Crippen molar-refractivity contribution in [1.29, 1.82) is 0 Å². The molecule has 0 aliphatic heterocycles. The first kappa shape index (κ1) is 14.5. The molecule has 0 aliphatic carbocycles. The summed E-state index contributed by atoms with van der Waals surface area (Å²) < 4.78 is 9.80. The lowest BCUT2D eigenvalue weighted by Gasteiger charge is -2.05. The summed E-state index contributed by atoms with van der Waals surface area (Å²) in [5.74, 6) is 0.405. The average Bonchev–Trinajstić information content (AvgIpc) is 2.86. The summed E-state index contributed by atoms with van der Waals surface area (Å²) in [5.41, 5.74) is 0.688. The molecule has 0 atom stereocenters. The third kappa shape index (κ3) is 3.78. The van der Waals surface area contributed by atoms with Crippen LogP contribution in [-0.2, 0) is 4.79 Å². The van der Waals surface area contributed by atoms with Crippen LogP contribution in [0.15, 0.2) is 27.8 Å². The number of hydrogen-bond acceptors (Lipinski definition) is 7. The van der Waals surface area contributed by atoms with Gasteiger partial charge >= 0.3 is 0 Å². The fourth-order valence-electron chi connectivity index (χ4n) is 1.53. The Hall–Kier alpha value is -2.90. The van der Waals surface area contributed by atoms with Gasteiger partial charge in [-0.05, 0) is 41.0 Å². The van der Waals surface area contributed by atoms with Crippen molar-refractivity contribution >= 4 is 23.8 Å². The zero-order chi connectivity index (χ0) is 15.2. The number of aromatic nitrogens is 2. The first-order valence-corrected chi connectivity index (χ1v) is 6.20. The first-order valence-electron chi connectivity index (χ1n) is 6.20. The summed E-state index contributed by atoms with van der Waals surface area (Å²) in [6.45, 7) is 3.60. The Morgan fingerprint density at radius 1 is 1.52 bits per heavy atom. The minimum Gasteiger partial charge on any atom is -0.504 e. The minimum atomic E-state index is -0.301. The van der Waals surface area contributed by atoms with Gasteiger partial charge in [-0.25, -0.2) is 9.62 Å². The Morgan fingerprint density at radius 2 is 2.33 bits per heavy atom. The summed E-state index contributed by atoms with van der Waals surface area (Å²) in [6, 6.07) is 4.79. The standard InChI is InChI=1S/C13H14N4O4/c1-3-20-11-6-9(4-5-10(11)19)7-14-12-13(15-8(2)18)17-21-16-12/h4-7,19H,3H2,1-2H3,(H,15,17,18). The van der Waals surface area contributed by atoms with Gasteiger partial charge in [-0.1, -0.05) is 0 Å². The van der Waals surface area contributed by atoms with Gasteiger partial charge in [-0.3, -0.25) is 4.79 Å². The van der Waals surface area contributed by atoms with E-state index in [1.54, 1.807) is 12.1 Å². The summed E-state index contributed by atoms with van der Waals surface area (Å²) in [5, 5.41) is 19.2. The molecule has 0 bridgehead atoms. The molecular weight excluding hydrogens is 276 g/mol. The van der Waals surface area contributed by atoms with Crippen molar-refractivity contribution in [2.45, 2.75) is 13.8 Å². The number of nitrogens with zero attached hydrogens (tertiary/aromatic N) is 3. The van der Waals surface area contributed by atoms with Crippen LogP contribution in [0.3, 0.4) is 0 Å². The van der Waals surface area contributed by atoms with Gasteiger partial charge in [-0.2, -0.15) is 0 Å². The lowest BCUT2D eigenvalue weighted by molar-refractivity contribution is -0.114. The normalized spacial score (nSPS) is 10.8. The summed E-state index contributed by atoms with van der Waals surface area (Å²) >= 11 is 0. The van der Waals surface area contributed by atoms with Crippen molar-refractivity contribution in [2.24, 2.45) is 4.99 Å². The largest absolute Gasteiger partial charge is 0.504 e. The summed E-state index contributed by atoms with van der Waals surface area (Å²) in [7, 11) is 0. The molecular formula is C13H14N4O4. The molecule has 0 aliphatic rings. The highest BCUT2D eigenvalue weighted by atomic mass is 16.6. The van der Waals surface area contributed by atoms with Crippen LogP contribution in [0.2, 0.25) is 0 Å². The monoisotopic (exact) mass is 290 g/mol. The Bertz CT molecular complexity index is 666. The molecule has 0 spiro atoms. The van der Waals surface area contributed by atoms with E-state index in [0.29, 0.717) is 17.9 Å². The second kappa shape index (κ2) is 6.51. The summed E-state index contributed by atoms with van der Waals surface area (Å²) in [4.78, 5) is 15.1. The SMILES string of the molecule is CCOc1cc(C=Nc2nonc2NC(C)=O)ccc1O. The number of amides is 1. The maximum Gasteiger partial charge on any atom is 0.241 e. The molecule has 1 aromatic heterocycles. The Labute approximate surface area is 120 Å². The van der Waals surface area contributed by atoms with Crippen LogP contribution in [0, 0.1) is 0 Å². The van der Waals surface area contributed by atoms with Gasteiger partial charge < -0.3 is 15.2 Å². The molecule has 8 nitrogen and oxygen atoms in total. The number of phenols is 1. The minimum absolute atomic E-state index is 0.0519. The fraction of sp³-hybridized carbons (Fsp3) is 0.231. The highest BCUT2D eigenvalue weighted by molar-refractivity contribution is 5.91. The fourth-order valence-corrected chi connectivity index (χ4v) is 1.53. The smallest absolute Gasteiger partial charge is 0.241 e. The van der Waals surface area contributed by atoms with E-state index in [1.807, 2.05) is 6.92 Å².